The van der Waals surface area contributed by atoms with Gasteiger partial charge in [0.05, 0.1) is 6.61 Å². The van der Waals surface area contributed by atoms with E-state index >= 15 is 0 Å². The number of hydrogen-bond acceptors (Lipinski definition) is 6. The summed E-state index contributed by atoms with van der Waals surface area (Å²) in [7, 11) is -2.28. The van der Waals surface area contributed by atoms with Crippen LogP contribution in [0, 0.1) is 0 Å². The fraction of sp³-hybridized carbons (Fsp3) is 0.500. The first-order valence-corrected chi connectivity index (χ1v) is 6.82. The molecule has 1 atom stereocenters. The van der Waals surface area contributed by atoms with Crippen LogP contribution in [-0.2, 0) is 14.8 Å². The number of ether oxygens (including phenoxy) is 1. The minimum Gasteiger partial charge on any atom is -0.395 e. The van der Waals surface area contributed by atoms with Crippen LogP contribution in [0.5, 0.6) is 0 Å². The summed E-state index contributed by atoms with van der Waals surface area (Å²) in [6, 6.07) is 2.22. The summed E-state index contributed by atoms with van der Waals surface area (Å²) in [5.41, 5.74) is 5.51. The van der Waals surface area contributed by atoms with E-state index in [1.807, 2.05) is 0 Å². The minimum atomic E-state index is -3.79. The van der Waals surface area contributed by atoms with Crippen molar-refractivity contribution in [2.75, 3.05) is 26.1 Å². The molecule has 0 aliphatic heterocycles. The molecule has 0 radical (unpaired) electrons. The number of aliphatic hydroxyl groups is 1. The number of pyridine rings is 1. The summed E-state index contributed by atoms with van der Waals surface area (Å²) in [4.78, 5) is 3.62. The van der Waals surface area contributed by atoms with Gasteiger partial charge in [-0.15, -0.1) is 0 Å². The first-order valence-electron chi connectivity index (χ1n) is 5.34. The Morgan fingerprint density at radius 1 is 1.61 bits per heavy atom. The Hall–Kier alpha value is -1.22. The number of sulfonamides is 1. The summed E-state index contributed by atoms with van der Waals surface area (Å²) in [6.07, 6.45) is 1.77. The molecule has 102 valence electrons. The highest BCUT2D eigenvalue weighted by Crippen LogP contribution is 2.15. The van der Waals surface area contributed by atoms with Gasteiger partial charge in [0.15, 0.2) is 0 Å². The van der Waals surface area contributed by atoms with Gasteiger partial charge in [-0.3, -0.25) is 0 Å². The third-order valence-electron chi connectivity index (χ3n) is 2.30. The van der Waals surface area contributed by atoms with Gasteiger partial charge in [0.25, 0.3) is 0 Å². The van der Waals surface area contributed by atoms with E-state index in [0.29, 0.717) is 13.0 Å². The number of nitrogens with two attached hydrogens (primary N) is 1. The van der Waals surface area contributed by atoms with Gasteiger partial charge >= 0.3 is 0 Å². The van der Waals surface area contributed by atoms with E-state index < -0.39 is 16.1 Å². The molecule has 0 amide bonds. The third kappa shape index (κ3) is 3.91. The number of nitrogen functional groups attached to an aromatic ring is 1. The number of methoxy groups -OCH3 is 1. The standard InChI is InChI=1S/C10H17N3O4S/c1-17-6-4-8(7-14)13-18(15,16)9-3-2-5-12-10(9)11/h2-3,5,8,13-14H,4,6-7H2,1H3,(H2,11,12). The Kier molecular flexibility index (Phi) is 5.48. The zero-order valence-electron chi connectivity index (χ0n) is 10.0. The van der Waals surface area contributed by atoms with Gasteiger partial charge in [-0.25, -0.2) is 18.1 Å². The van der Waals surface area contributed by atoms with Crippen LogP contribution < -0.4 is 10.5 Å². The predicted octanol–water partition coefficient (Wildman–Crippen LogP) is -0.660. The van der Waals surface area contributed by atoms with Gasteiger partial charge in [0, 0.05) is 26.0 Å². The Morgan fingerprint density at radius 3 is 2.89 bits per heavy atom. The highest BCUT2D eigenvalue weighted by molar-refractivity contribution is 7.89. The van der Waals surface area contributed by atoms with E-state index in [0.717, 1.165) is 0 Å². The van der Waals surface area contributed by atoms with Crippen molar-refractivity contribution in [1.29, 1.82) is 0 Å². The molecule has 1 heterocycles. The van der Waals surface area contributed by atoms with Crippen molar-refractivity contribution >= 4 is 15.8 Å². The molecular weight excluding hydrogens is 258 g/mol. The van der Waals surface area contributed by atoms with E-state index in [9.17, 15) is 8.42 Å². The van der Waals surface area contributed by atoms with Gasteiger partial charge in [0.1, 0.15) is 10.7 Å². The topological polar surface area (TPSA) is 115 Å². The Labute approximate surface area is 106 Å². The van der Waals surface area contributed by atoms with Gasteiger partial charge < -0.3 is 15.6 Å². The monoisotopic (exact) mass is 275 g/mol. The lowest BCUT2D eigenvalue weighted by Crippen LogP contribution is -2.38. The van der Waals surface area contributed by atoms with Gasteiger partial charge in [-0.05, 0) is 18.6 Å². The van der Waals surface area contributed by atoms with Crippen LogP contribution in [0.15, 0.2) is 23.2 Å². The second kappa shape index (κ2) is 6.64. The minimum absolute atomic E-state index is 0.0755. The summed E-state index contributed by atoms with van der Waals surface area (Å²) in [5, 5.41) is 9.10. The van der Waals surface area contributed by atoms with E-state index in [2.05, 4.69) is 9.71 Å². The molecule has 8 heteroatoms. The Bertz CT molecular complexity index is 478. The summed E-state index contributed by atoms with van der Waals surface area (Å²) < 4.78 is 31.2. The number of hydrogen-bond donors (Lipinski definition) is 3. The highest BCUT2D eigenvalue weighted by atomic mass is 32.2. The first-order chi connectivity index (χ1) is 8.51. The van der Waals surface area contributed by atoms with Crippen LogP contribution in [0.4, 0.5) is 5.82 Å². The van der Waals surface area contributed by atoms with Gasteiger partial charge in [-0.2, -0.15) is 0 Å². The molecule has 0 saturated heterocycles. The average molecular weight is 275 g/mol. The summed E-state index contributed by atoms with van der Waals surface area (Å²) in [6.45, 7) is 0.0268. The molecule has 0 aliphatic rings. The summed E-state index contributed by atoms with van der Waals surface area (Å²) >= 11 is 0. The van der Waals surface area contributed by atoms with Gasteiger partial charge in [-0.1, -0.05) is 0 Å². The maximum absolute atomic E-state index is 12.0. The molecule has 4 N–H and O–H groups in total. The second-order valence-electron chi connectivity index (χ2n) is 3.67. The Balaban J connectivity index is 2.84. The maximum Gasteiger partial charge on any atom is 0.244 e. The maximum atomic E-state index is 12.0. The Morgan fingerprint density at radius 2 is 2.33 bits per heavy atom. The van der Waals surface area contributed by atoms with Crippen molar-refractivity contribution in [3.05, 3.63) is 18.3 Å². The third-order valence-corrected chi connectivity index (χ3v) is 3.87. The molecule has 1 rings (SSSR count). The lowest BCUT2D eigenvalue weighted by molar-refractivity contribution is 0.166. The molecule has 1 unspecified atom stereocenters. The lowest BCUT2D eigenvalue weighted by atomic mass is 10.2. The second-order valence-corrected chi connectivity index (χ2v) is 5.35. The zero-order chi connectivity index (χ0) is 13.6. The number of nitrogens with zero attached hydrogens (tertiary/aromatic N) is 1. The van der Waals surface area contributed by atoms with E-state index in [-0.39, 0.29) is 17.3 Å². The number of rotatable bonds is 7. The van der Waals surface area contributed by atoms with E-state index in [4.69, 9.17) is 15.6 Å². The molecule has 0 bridgehead atoms. The quantitative estimate of drug-likeness (QED) is 0.608. The van der Waals surface area contributed by atoms with Crippen LogP contribution in [0.2, 0.25) is 0 Å². The molecule has 0 aliphatic carbocycles. The summed E-state index contributed by atoms with van der Waals surface area (Å²) in [5.74, 6) is -0.0755. The first kappa shape index (κ1) is 14.8. The van der Waals surface area contributed by atoms with Crippen molar-refractivity contribution in [2.24, 2.45) is 0 Å². The molecule has 1 aromatic heterocycles. The zero-order valence-corrected chi connectivity index (χ0v) is 10.9. The van der Waals surface area contributed by atoms with Crippen molar-refractivity contribution < 1.29 is 18.3 Å². The van der Waals surface area contributed by atoms with E-state index in [1.54, 1.807) is 0 Å². The molecule has 0 fully saturated rings. The predicted molar refractivity (Wildman–Crippen MR) is 66.3 cm³/mol. The molecular formula is C10H17N3O4S. The number of aliphatic hydroxyl groups excluding tert-OH is 1. The average Bonchev–Trinajstić information content (AvgIpc) is 2.34. The fourth-order valence-corrected chi connectivity index (χ4v) is 2.70. The largest absolute Gasteiger partial charge is 0.395 e. The molecule has 0 saturated carbocycles. The van der Waals surface area contributed by atoms with Crippen LogP contribution in [-0.4, -0.2) is 44.9 Å². The van der Waals surface area contributed by atoms with Crippen LogP contribution >= 0.6 is 0 Å². The lowest BCUT2D eigenvalue weighted by Gasteiger charge is -2.16. The van der Waals surface area contributed by atoms with Crippen LogP contribution in [0.3, 0.4) is 0 Å². The van der Waals surface area contributed by atoms with Crippen molar-refractivity contribution in [1.82, 2.24) is 9.71 Å². The highest BCUT2D eigenvalue weighted by Gasteiger charge is 2.21. The van der Waals surface area contributed by atoms with Crippen molar-refractivity contribution in [3.63, 3.8) is 0 Å². The molecule has 18 heavy (non-hydrogen) atoms. The van der Waals surface area contributed by atoms with Gasteiger partial charge in [0.2, 0.25) is 10.0 Å². The van der Waals surface area contributed by atoms with Crippen molar-refractivity contribution in [2.45, 2.75) is 17.4 Å². The number of aromatic nitrogens is 1. The fourth-order valence-electron chi connectivity index (χ4n) is 1.36. The van der Waals surface area contributed by atoms with Crippen molar-refractivity contribution in [3.8, 4) is 0 Å². The number of anilines is 1. The molecule has 7 nitrogen and oxygen atoms in total. The molecule has 0 spiro atoms. The van der Waals surface area contributed by atoms with Crippen LogP contribution in [0.25, 0.3) is 0 Å². The number of nitrogens with one attached hydrogen (secondary N) is 1. The molecule has 1 aromatic rings. The smallest absolute Gasteiger partial charge is 0.244 e. The molecule has 0 aromatic carbocycles. The SMILES string of the molecule is COCCC(CO)NS(=O)(=O)c1cccnc1N. The normalized spacial score (nSPS) is 13.4. The van der Waals surface area contributed by atoms with E-state index in [1.165, 1.54) is 25.4 Å². The van der Waals surface area contributed by atoms with Crippen LogP contribution in [0.1, 0.15) is 6.42 Å².